The lowest BCUT2D eigenvalue weighted by Crippen LogP contribution is -2.38. The first kappa shape index (κ1) is 14.5. The highest BCUT2D eigenvalue weighted by atomic mass is 16.5. The van der Waals surface area contributed by atoms with Crippen LogP contribution in [0, 0.1) is 6.92 Å². The van der Waals surface area contributed by atoms with Gasteiger partial charge >= 0.3 is 0 Å². The van der Waals surface area contributed by atoms with Gasteiger partial charge in [0.15, 0.2) is 0 Å². The van der Waals surface area contributed by atoms with Gasteiger partial charge in [-0.25, -0.2) is 0 Å². The average molecular weight is 263 g/mol. The number of aliphatic hydroxyl groups is 1. The molecule has 1 atom stereocenters. The monoisotopic (exact) mass is 263 g/mol. The maximum absolute atomic E-state index is 9.96. The molecule has 3 nitrogen and oxygen atoms in total. The number of hydrogen-bond donors (Lipinski definition) is 1. The summed E-state index contributed by atoms with van der Waals surface area (Å²) in [7, 11) is 0. The first-order valence-corrected chi connectivity index (χ1v) is 7.28. The van der Waals surface area contributed by atoms with Gasteiger partial charge in [-0.2, -0.15) is 0 Å². The van der Waals surface area contributed by atoms with Crippen molar-refractivity contribution in [2.24, 2.45) is 0 Å². The molecule has 0 aromatic heterocycles. The highest BCUT2D eigenvalue weighted by Crippen LogP contribution is 2.09. The van der Waals surface area contributed by atoms with Crippen LogP contribution in [0.3, 0.4) is 0 Å². The average Bonchev–Trinajstić information content (AvgIpc) is 2.42. The number of likely N-dealkylation sites (tertiary alicyclic amines) is 1. The van der Waals surface area contributed by atoms with Gasteiger partial charge in [-0.15, -0.1) is 0 Å². The Morgan fingerprint density at radius 1 is 1.16 bits per heavy atom. The van der Waals surface area contributed by atoms with Crippen molar-refractivity contribution in [2.75, 3.05) is 26.2 Å². The van der Waals surface area contributed by atoms with Crippen molar-refractivity contribution in [3.63, 3.8) is 0 Å². The van der Waals surface area contributed by atoms with E-state index >= 15 is 0 Å². The van der Waals surface area contributed by atoms with Gasteiger partial charge < -0.3 is 14.7 Å². The van der Waals surface area contributed by atoms with E-state index in [4.69, 9.17) is 4.74 Å². The van der Waals surface area contributed by atoms with E-state index in [1.807, 2.05) is 0 Å². The summed E-state index contributed by atoms with van der Waals surface area (Å²) in [6, 6.07) is 8.32. The molecule has 1 saturated heterocycles. The van der Waals surface area contributed by atoms with Gasteiger partial charge in [0.2, 0.25) is 0 Å². The fraction of sp³-hybridized carbons (Fsp3) is 0.625. The summed E-state index contributed by atoms with van der Waals surface area (Å²) in [6.45, 7) is 6.06. The summed E-state index contributed by atoms with van der Waals surface area (Å²) >= 11 is 0. The van der Waals surface area contributed by atoms with Crippen molar-refractivity contribution < 1.29 is 9.84 Å². The predicted octanol–water partition coefficient (Wildman–Crippen LogP) is 2.36. The van der Waals surface area contributed by atoms with Crippen LogP contribution in [0.2, 0.25) is 0 Å². The summed E-state index contributed by atoms with van der Waals surface area (Å²) < 4.78 is 5.59. The molecule has 0 amide bonds. The fourth-order valence-electron chi connectivity index (χ4n) is 2.49. The first-order chi connectivity index (χ1) is 9.24. The van der Waals surface area contributed by atoms with Crippen LogP contribution in [0.1, 0.15) is 30.4 Å². The molecule has 3 heteroatoms. The Bertz CT molecular complexity index is 358. The molecular formula is C16H25NO2. The van der Waals surface area contributed by atoms with Crippen molar-refractivity contribution in [2.45, 2.75) is 38.9 Å². The molecule has 0 unspecified atom stereocenters. The SMILES string of the molecule is Cc1ccc(COC[C@@H](O)CN2CCCCC2)cc1. The molecule has 0 saturated carbocycles. The zero-order valence-electron chi connectivity index (χ0n) is 11.8. The number of benzene rings is 1. The summed E-state index contributed by atoms with van der Waals surface area (Å²) in [5.74, 6) is 0. The Balaban J connectivity index is 1.63. The third-order valence-electron chi connectivity index (χ3n) is 3.62. The third-order valence-corrected chi connectivity index (χ3v) is 3.62. The van der Waals surface area contributed by atoms with Gasteiger partial charge in [-0.3, -0.25) is 0 Å². The molecule has 2 rings (SSSR count). The normalized spacial score (nSPS) is 18.4. The zero-order valence-corrected chi connectivity index (χ0v) is 11.8. The molecule has 1 fully saturated rings. The molecular weight excluding hydrogens is 238 g/mol. The Labute approximate surface area is 116 Å². The van der Waals surface area contributed by atoms with E-state index in [9.17, 15) is 5.11 Å². The van der Waals surface area contributed by atoms with Crippen LogP contribution in [0.25, 0.3) is 0 Å². The summed E-state index contributed by atoms with van der Waals surface area (Å²) in [6.07, 6.45) is 3.48. The minimum Gasteiger partial charge on any atom is -0.389 e. The number of β-amino-alcohol motifs (C(OH)–C–C–N with tert-alkyl or cyclic N) is 1. The number of hydrogen-bond acceptors (Lipinski definition) is 3. The Morgan fingerprint density at radius 3 is 2.53 bits per heavy atom. The fourth-order valence-corrected chi connectivity index (χ4v) is 2.49. The molecule has 1 N–H and O–H groups in total. The van der Waals surface area contributed by atoms with Crippen LogP contribution in [-0.2, 0) is 11.3 Å². The summed E-state index contributed by atoms with van der Waals surface area (Å²) in [5, 5.41) is 9.96. The van der Waals surface area contributed by atoms with Crippen LogP contribution in [0.5, 0.6) is 0 Å². The topological polar surface area (TPSA) is 32.7 Å². The molecule has 1 aromatic carbocycles. The van der Waals surface area contributed by atoms with Crippen LogP contribution in [0.15, 0.2) is 24.3 Å². The van der Waals surface area contributed by atoms with Crippen LogP contribution < -0.4 is 0 Å². The molecule has 1 heterocycles. The third kappa shape index (κ3) is 5.31. The smallest absolute Gasteiger partial charge is 0.0900 e. The quantitative estimate of drug-likeness (QED) is 0.855. The molecule has 0 aliphatic carbocycles. The van der Waals surface area contributed by atoms with Gasteiger partial charge in [0.1, 0.15) is 0 Å². The van der Waals surface area contributed by atoms with E-state index < -0.39 is 0 Å². The van der Waals surface area contributed by atoms with E-state index in [1.54, 1.807) is 0 Å². The van der Waals surface area contributed by atoms with Crippen molar-refractivity contribution in [3.05, 3.63) is 35.4 Å². The van der Waals surface area contributed by atoms with Crippen molar-refractivity contribution in [1.29, 1.82) is 0 Å². The van der Waals surface area contributed by atoms with Crippen LogP contribution >= 0.6 is 0 Å². The van der Waals surface area contributed by atoms with Gasteiger partial charge in [-0.05, 0) is 38.4 Å². The molecule has 0 radical (unpaired) electrons. The van der Waals surface area contributed by atoms with Crippen molar-refractivity contribution in [1.82, 2.24) is 4.90 Å². The highest BCUT2D eigenvalue weighted by molar-refractivity contribution is 5.20. The van der Waals surface area contributed by atoms with Crippen LogP contribution in [-0.4, -0.2) is 42.4 Å². The molecule has 0 bridgehead atoms. The van der Waals surface area contributed by atoms with E-state index in [1.165, 1.54) is 24.8 Å². The number of ether oxygens (including phenoxy) is 1. The molecule has 1 aliphatic rings. The highest BCUT2D eigenvalue weighted by Gasteiger charge is 2.14. The van der Waals surface area contributed by atoms with Crippen molar-refractivity contribution >= 4 is 0 Å². The van der Waals surface area contributed by atoms with Gasteiger partial charge in [0.05, 0.1) is 19.3 Å². The number of aryl methyl sites for hydroxylation is 1. The first-order valence-electron chi connectivity index (χ1n) is 7.28. The number of nitrogens with zero attached hydrogens (tertiary/aromatic N) is 1. The summed E-state index contributed by atoms with van der Waals surface area (Å²) in [4.78, 5) is 2.34. The minimum atomic E-state index is -0.372. The van der Waals surface area contributed by atoms with Gasteiger partial charge in [-0.1, -0.05) is 36.2 Å². The minimum absolute atomic E-state index is 0.372. The van der Waals surface area contributed by atoms with Crippen molar-refractivity contribution in [3.8, 4) is 0 Å². The molecule has 0 spiro atoms. The lowest BCUT2D eigenvalue weighted by atomic mass is 10.1. The standard InChI is InChI=1S/C16H25NO2/c1-14-5-7-15(8-6-14)12-19-13-16(18)11-17-9-3-2-4-10-17/h5-8,16,18H,2-4,9-13H2,1H3/t16-/m0/s1. The second-order valence-electron chi connectivity index (χ2n) is 5.52. The second kappa shape index (κ2) is 7.63. The second-order valence-corrected chi connectivity index (χ2v) is 5.52. The zero-order chi connectivity index (χ0) is 13.5. The molecule has 106 valence electrons. The van der Waals surface area contributed by atoms with Gasteiger partial charge in [0, 0.05) is 6.54 Å². The van der Waals surface area contributed by atoms with E-state index in [-0.39, 0.29) is 6.10 Å². The number of rotatable bonds is 6. The Kier molecular flexibility index (Phi) is 5.83. The lowest BCUT2D eigenvalue weighted by molar-refractivity contribution is 0.00713. The Hall–Kier alpha value is -0.900. The molecule has 1 aliphatic heterocycles. The van der Waals surface area contributed by atoms with Crippen LogP contribution in [0.4, 0.5) is 0 Å². The lowest BCUT2D eigenvalue weighted by Gasteiger charge is -2.28. The van der Waals surface area contributed by atoms with E-state index in [2.05, 4.69) is 36.1 Å². The maximum atomic E-state index is 9.96. The Morgan fingerprint density at radius 2 is 1.84 bits per heavy atom. The predicted molar refractivity (Wildman–Crippen MR) is 77.1 cm³/mol. The number of aliphatic hydroxyl groups excluding tert-OH is 1. The van der Waals surface area contributed by atoms with Gasteiger partial charge in [0.25, 0.3) is 0 Å². The largest absolute Gasteiger partial charge is 0.389 e. The van der Waals surface area contributed by atoms with E-state index in [0.29, 0.717) is 13.2 Å². The molecule has 1 aromatic rings. The molecule has 19 heavy (non-hydrogen) atoms. The maximum Gasteiger partial charge on any atom is 0.0900 e. The number of piperidine rings is 1. The summed E-state index contributed by atoms with van der Waals surface area (Å²) in [5.41, 5.74) is 2.42. The van der Waals surface area contributed by atoms with E-state index in [0.717, 1.165) is 25.2 Å².